The monoisotopic (exact) mass is 307 g/mol. The number of aliphatic hydroxyl groups is 1. The van der Waals surface area contributed by atoms with E-state index in [2.05, 4.69) is 11.8 Å². The fourth-order valence-electron chi connectivity index (χ4n) is 4.08. The molecular formula is C17H22ClNO2. The highest BCUT2D eigenvalue weighted by molar-refractivity contribution is 6.30. The molecule has 0 bridgehead atoms. The van der Waals surface area contributed by atoms with Crippen LogP contribution in [0, 0.1) is 0 Å². The molecule has 2 unspecified atom stereocenters. The highest BCUT2D eigenvalue weighted by Crippen LogP contribution is 2.41. The summed E-state index contributed by atoms with van der Waals surface area (Å²) in [5.74, 6) is 0.963. The summed E-state index contributed by atoms with van der Waals surface area (Å²) in [6.45, 7) is 3.74. The minimum absolute atomic E-state index is 0.468. The van der Waals surface area contributed by atoms with Crippen molar-refractivity contribution < 1.29 is 9.84 Å². The van der Waals surface area contributed by atoms with E-state index in [1.54, 1.807) is 0 Å². The third-order valence-corrected chi connectivity index (χ3v) is 5.30. The lowest BCUT2D eigenvalue weighted by atomic mass is 9.91. The van der Waals surface area contributed by atoms with Crippen molar-refractivity contribution in [1.82, 2.24) is 4.90 Å². The number of hydrogen-bond donors (Lipinski definition) is 1. The van der Waals surface area contributed by atoms with Crippen LogP contribution in [0.15, 0.2) is 12.1 Å². The lowest BCUT2D eigenvalue weighted by Gasteiger charge is -2.24. The van der Waals surface area contributed by atoms with Gasteiger partial charge in [-0.25, -0.2) is 0 Å². The zero-order chi connectivity index (χ0) is 14.6. The summed E-state index contributed by atoms with van der Waals surface area (Å²) in [7, 11) is 0. The van der Waals surface area contributed by atoms with Gasteiger partial charge in [-0.05, 0) is 49.4 Å². The fourth-order valence-corrected chi connectivity index (χ4v) is 4.35. The molecule has 2 heterocycles. The van der Waals surface area contributed by atoms with Crippen molar-refractivity contribution in [2.75, 3.05) is 13.2 Å². The van der Waals surface area contributed by atoms with E-state index in [0.717, 1.165) is 42.3 Å². The van der Waals surface area contributed by atoms with Gasteiger partial charge in [0.05, 0.1) is 12.2 Å². The average Bonchev–Trinajstić information content (AvgIpc) is 3.06. The molecule has 3 aliphatic rings. The summed E-state index contributed by atoms with van der Waals surface area (Å²) in [5.41, 5.74) is 1.61. The topological polar surface area (TPSA) is 32.7 Å². The Bertz CT molecular complexity index is 572. The van der Waals surface area contributed by atoms with Gasteiger partial charge >= 0.3 is 0 Å². The number of likely N-dealkylation sites (tertiary alicyclic amines) is 1. The van der Waals surface area contributed by atoms with Crippen LogP contribution in [0.5, 0.6) is 5.75 Å². The van der Waals surface area contributed by atoms with Gasteiger partial charge in [0.2, 0.25) is 0 Å². The maximum atomic E-state index is 11.0. The minimum Gasteiger partial charge on any atom is -0.493 e. The van der Waals surface area contributed by atoms with Gasteiger partial charge in [-0.15, -0.1) is 0 Å². The maximum Gasteiger partial charge on any atom is 0.126 e. The molecule has 1 aromatic rings. The third kappa shape index (κ3) is 2.56. The standard InChI is InChI=1S/C17H22ClNO2/c1-11-8-17(20,10-19(11)15-2-3-15)9-13-7-14(18)6-12-4-5-21-16(12)13/h6-7,11,15,20H,2-5,8-10H2,1H3. The average molecular weight is 308 g/mol. The van der Waals surface area contributed by atoms with Gasteiger partial charge in [0.15, 0.2) is 0 Å². The van der Waals surface area contributed by atoms with Gasteiger partial charge < -0.3 is 9.84 Å². The van der Waals surface area contributed by atoms with Crippen LogP contribution in [-0.4, -0.2) is 40.8 Å². The molecule has 1 saturated heterocycles. The van der Waals surface area contributed by atoms with Crippen molar-refractivity contribution in [2.45, 2.75) is 56.7 Å². The van der Waals surface area contributed by atoms with Crippen LogP contribution in [0.3, 0.4) is 0 Å². The summed E-state index contributed by atoms with van der Waals surface area (Å²) in [5, 5.41) is 11.8. The molecule has 0 spiro atoms. The van der Waals surface area contributed by atoms with Crippen LogP contribution in [0.25, 0.3) is 0 Å². The molecular weight excluding hydrogens is 286 g/mol. The van der Waals surface area contributed by atoms with Crippen LogP contribution < -0.4 is 4.74 Å². The van der Waals surface area contributed by atoms with E-state index >= 15 is 0 Å². The molecule has 0 aromatic heterocycles. The van der Waals surface area contributed by atoms with Crippen molar-refractivity contribution in [1.29, 1.82) is 0 Å². The fraction of sp³-hybridized carbons (Fsp3) is 0.647. The Balaban J connectivity index is 1.58. The maximum absolute atomic E-state index is 11.0. The molecule has 1 aromatic carbocycles. The van der Waals surface area contributed by atoms with E-state index in [1.807, 2.05) is 12.1 Å². The van der Waals surface area contributed by atoms with Crippen molar-refractivity contribution in [3.63, 3.8) is 0 Å². The molecule has 2 fully saturated rings. The first-order chi connectivity index (χ1) is 10.0. The predicted octanol–water partition coefficient (Wildman–Crippen LogP) is 2.81. The van der Waals surface area contributed by atoms with E-state index in [0.29, 0.717) is 18.5 Å². The summed E-state index contributed by atoms with van der Waals surface area (Å²) in [6.07, 6.45) is 4.98. The highest BCUT2D eigenvalue weighted by atomic mass is 35.5. The number of fused-ring (bicyclic) bond motifs is 1. The second kappa shape index (κ2) is 4.87. The second-order valence-electron chi connectivity index (χ2n) is 7.01. The van der Waals surface area contributed by atoms with Gasteiger partial charge in [0.25, 0.3) is 0 Å². The molecule has 114 valence electrons. The molecule has 3 nitrogen and oxygen atoms in total. The molecule has 2 atom stereocenters. The van der Waals surface area contributed by atoms with Crippen molar-refractivity contribution >= 4 is 11.6 Å². The number of ether oxygens (including phenoxy) is 1. The summed E-state index contributed by atoms with van der Waals surface area (Å²) >= 11 is 6.23. The SMILES string of the molecule is CC1CC(O)(Cc2cc(Cl)cc3c2OCC3)CN1C1CC1. The molecule has 1 aliphatic carbocycles. The normalized spacial score (nSPS) is 32.2. The molecule has 1 saturated carbocycles. The van der Waals surface area contributed by atoms with Gasteiger partial charge in [-0.3, -0.25) is 4.90 Å². The van der Waals surface area contributed by atoms with Crippen molar-refractivity contribution in [2.24, 2.45) is 0 Å². The number of benzene rings is 1. The quantitative estimate of drug-likeness (QED) is 0.932. The van der Waals surface area contributed by atoms with Gasteiger partial charge in [-0.1, -0.05) is 11.6 Å². The summed E-state index contributed by atoms with van der Waals surface area (Å²) in [6, 6.07) is 5.13. The van der Waals surface area contributed by atoms with Crippen LogP contribution in [0.4, 0.5) is 0 Å². The molecule has 4 rings (SSSR count). The molecule has 1 N–H and O–H groups in total. The first-order valence-corrected chi connectivity index (χ1v) is 8.34. The van der Waals surface area contributed by atoms with E-state index in [9.17, 15) is 5.11 Å². The summed E-state index contributed by atoms with van der Waals surface area (Å²) < 4.78 is 5.77. The Labute approximate surface area is 130 Å². The van der Waals surface area contributed by atoms with Crippen LogP contribution in [0.1, 0.15) is 37.3 Å². The first-order valence-electron chi connectivity index (χ1n) is 7.96. The van der Waals surface area contributed by atoms with E-state index in [1.165, 1.54) is 18.4 Å². The van der Waals surface area contributed by atoms with E-state index in [4.69, 9.17) is 16.3 Å². The third-order valence-electron chi connectivity index (χ3n) is 5.08. The molecule has 0 radical (unpaired) electrons. The smallest absolute Gasteiger partial charge is 0.126 e. The van der Waals surface area contributed by atoms with Gasteiger partial charge in [-0.2, -0.15) is 0 Å². The molecule has 4 heteroatoms. The number of halogens is 1. The molecule has 2 aliphatic heterocycles. The second-order valence-corrected chi connectivity index (χ2v) is 7.45. The number of β-amino-alcohol motifs (C(OH)–C–C–N with tert-alkyl or cyclic N) is 1. The number of nitrogens with zero attached hydrogens (tertiary/aromatic N) is 1. The number of rotatable bonds is 3. The zero-order valence-electron chi connectivity index (χ0n) is 12.4. The Morgan fingerprint density at radius 1 is 1.43 bits per heavy atom. The molecule has 21 heavy (non-hydrogen) atoms. The predicted molar refractivity (Wildman–Crippen MR) is 83.1 cm³/mol. The van der Waals surface area contributed by atoms with Crippen LogP contribution in [0.2, 0.25) is 5.02 Å². The molecule has 0 amide bonds. The Kier molecular flexibility index (Phi) is 3.21. The van der Waals surface area contributed by atoms with Crippen LogP contribution in [-0.2, 0) is 12.8 Å². The van der Waals surface area contributed by atoms with E-state index in [-0.39, 0.29) is 0 Å². The Morgan fingerprint density at radius 2 is 2.24 bits per heavy atom. The Morgan fingerprint density at radius 3 is 3.00 bits per heavy atom. The minimum atomic E-state index is -0.646. The van der Waals surface area contributed by atoms with Crippen LogP contribution >= 0.6 is 11.6 Å². The van der Waals surface area contributed by atoms with Gasteiger partial charge in [0, 0.05) is 36.5 Å². The zero-order valence-corrected chi connectivity index (χ0v) is 13.2. The highest BCUT2D eigenvalue weighted by Gasteiger charge is 2.46. The lowest BCUT2D eigenvalue weighted by Crippen LogP contribution is -2.36. The lowest BCUT2D eigenvalue weighted by molar-refractivity contribution is 0.0481. The number of hydrogen-bond acceptors (Lipinski definition) is 3. The first kappa shape index (κ1) is 13.9. The van der Waals surface area contributed by atoms with Crippen molar-refractivity contribution in [3.8, 4) is 5.75 Å². The summed E-state index contributed by atoms with van der Waals surface area (Å²) in [4.78, 5) is 2.48. The largest absolute Gasteiger partial charge is 0.493 e. The Hall–Kier alpha value is -0.770. The van der Waals surface area contributed by atoms with E-state index < -0.39 is 5.60 Å². The van der Waals surface area contributed by atoms with Crippen molar-refractivity contribution in [3.05, 3.63) is 28.3 Å². The van der Waals surface area contributed by atoms with Gasteiger partial charge in [0.1, 0.15) is 5.75 Å².